The average molecular weight is 379 g/mol. The highest BCUT2D eigenvalue weighted by Gasteiger charge is 2.29. The van der Waals surface area contributed by atoms with Gasteiger partial charge in [-0.25, -0.2) is 9.18 Å². The highest BCUT2D eigenvalue weighted by atomic mass is 35.5. The Hall–Kier alpha value is -2.34. The number of nitrogens with one attached hydrogen (secondary N) is 1. The maximum atomic E-state index is 13.1. The summed E-state index contributed by atoms with van der Waals surface area (Å²) in [6.45, 7) is 5.31. The van der Waals surface area contributed by atoms with Crippen molar-refractivity contribution in [2.24, 2.45) is 0 Å². The summed E-state index contributed by atoms with van der Waals surface area (Å²) >= 11 is 5.89. The van der Waals surface area contributed by atoms with Gasteiger partial charge in [-0.15, -0.1) is 0 Å². The van der Waals surface area contributed by atoms with Gasteiger partial charge in [-0.3, -0.25) is 4.79 Å². The van der Waals surface area contributed by atoms with Gasteiger partial charge in [0.1, 0.15) is 5.82 Å². The van der Waals surface area contributed by atoms with Gasteiger partial charge >= 0.3 is 5.97 Å². The Kier molecular flexibility index (Phi) is 5.05. The Morgan fingerprint density at radius 1 is 1.31 bits per heavy atom. The lowest BCUT2D eigenvalue weighted by molar-refractivity contribution is -0.123. The zero-order valence-corrected chi connectivity index (χ0v) is 15.6. The molecule has 1 aromatic heterocycles. The van der Waals surface area contributed by atoms with Crippen LogP contribution in [0.3, 0.4) is 0 Å². The molecule has 0 unspecified atom stereocenters. The van der Waals surface area contributed by atoms with E-state index in [0.29, 0.717) is 11.6 Å². The molecule has 0 saturated heterocycles. The van der Waals surface area contributed by atoms with Crippen molar-refractivity contribution in [2.75, 3.05) is 5.32 Å². The molecule has 1 N–H and O–H groups in total. The summed E-state index contributed by atoms with van der Waals surface area (Å²) < 4.78 is 20.5. The number of anilines is 1. The zero-order valence-electron chi connectivity index (χ0n) is 14.8. The van der Waals surface area contributed by atoms with E-state index in [2.05, 4.69) is 9.88 Å². The predicted octanol–water partition coefficient (Wildman–Crippen LogP) is 4.42. The van der Waals surface area contributed by atoms with E-state index in [9.17, 15) is 14.0 Å². The molecule has 0 radical (unpaired) electrons. The molecule has 1 heterocycles. The van der Waals surface area contributed by atoms with Crippen LogP contribution in [0.5, 0.6) is 0 Å². The van der Waals surface area contributed by atoms with Crippen LogP contribution in [0.1, 0.15) is 47.6 Å². The number of benzene rings is 1. The summed E-state index contributed by atoms with van der Waals surface area (Å²) in [5.41, 5.74) is 2.58. The molecule has 138 valence electrons. The monoisotopic (exact) mass is 378 g/mol. The number of amides is 1. The minimum atomic E-state index is -1.02. The number of hydrogen-bond donors (Lipinski definition) is 1. The van der Waals surface area contributed by atoms with E-state index in [-0.39, 0.29) is 10.7 Å². The molecule has 0 aliphatic heterocycles. The smallest absolute Gasteiger partial charge is 0.340 e. The summed E-state index contributed by atoms with van der Waals surface area (Å²) in [4.78, 5) is 24.7. The molecule has 1 aliphatic carbocycles. The summed E-state index contributed by atoms with van der Waals surface area (Å²) in [6, 6.07) is 5.88. The fraction of sp³-hybridized carbons (Fsp3) is 0.368. The Labute approximate surface area is 156 Å². The van der Waals surface area contributed by atoms with Gasteiger partial charge in [0.2, 0.25) is 0 Å². The Bertz CT molecular complexity index is 874. The van der Waals surface area contributed by atoms with Crippen molar-refractivity contribution in [1.82, 2.24) is 4.57 Å². The minimum Gasteiger partial charge on any atom is -0.449 e. The molecule has 7 heteroatoms. The first-order valence-corrected chi connectivity index (χ1v) is 8.81. The topological polar surface area (TPSA) is 60.3 Å². The number of carbonyl (C=O) groups excluding carboxylic acids is 2. The lowest BCUT2D eigenvalue weighted by atomic mass is 10.2. The highest BCUT2D eigenvalue weighted by Crippen LogP contribution is 2.38. The largest absolute Gasteiger partial charge is 0.449 e. The first-order chi connectivity index (χ1) is 12.3. The second-order valence-electron chi connectivity index (χ2n) is 6.55. The maximum Gasteiger partial charge on any atom is 0.340 e. The van der Waals surface area contributed by atoms with Crippen LogP contribution >= 0.6 is 11.6 Å². The van der Waals surface area contributed by atoms with E-state index in [1.165, 1.54) is 19.1 Å². The minimum absolute atomic E-state index is 0.0739. The second-order valence-corrected chi connectivity index (χ2v) is 6.95. The standard InChI is InChI=1S/C19H20ClFN2O3/c1-10-8-15(11(2)23(10)14-5-6-14)19(25)26-12(3)18(24)22-17-7-4-13(21)9-16(17)20/h4,7-9,12,14H,5-6H2,1-3H3,(H,22,24)/t12-/m1/s1. The van der Waals surface area contributed by atoms with Crippen LogP contribution in [0.25, 0.3) is 0 Å². The Balaban J connectivity index is 1.67. The van der Waals surface area contributed by atoms with Gasteiger partial charge in [0, 0.05) is 17.4 Å². The molecule has 0 spiro atoms. The summed E-state index contributed by atoms with van der Waals surface area (Å²) in [5, 5.41) is 2.61. The number of ether oxygens (including phenoxy) is 1. The molecule has 1 atom stereocenters. The predicted molar refractivity (Wildman–Crippen MR) is 97.1 cm³/mol. The molecule has 2 aromatic rings. The van der Waals surface area contributed by atoms with Crippen molar-refractivity contribution < 1.29 is 18.7 Å². The van der Waals surface area contributed by atoms with Crippen LogP contribution in [0.15, 0.2) is 24.3 Å². The molecule has 1 amide bonds. The van der Waals surface area contributed by atoms with E-state index in [0.717, 1.165) is 30.3 Å². The molecule has 3 rings (SSSR count). The molecule has 1 aliphatic rings. The number of halogens is 2. The SMILES string of the molecule is Cc1cc(C(=O)O[C@H](C)C(=O)Nc2ccc(F)cc2Cl)c(C)n1C1CC1. The third kappa shape index (κ3) is 3.75. The van der Waals surface area contributed by atoms with Crippen molar-refractivity contribution in [3.8, 4) is 0 Å². The van der Waals surface area contributed by atoms with Crippen LogP contribution in [0.4, 0.5) is 10.1 Å². The number of hydrogen-bond acceptors (Lipinski definition) is 3. The molecule has 1 aromatic carbocycles. The lowest BCUT2D eigenvalue weighted by Crippen LogP contribution is -2.30. The van der Waals surface area contributed by atoms with Gasteiger partial charge in [-0.2, -0.15) is 0 Å². The highest BCUT2D eigenvalue weighted by molar-refractivity contribution is 6.33. The van der Waals surface area contributed by atoms with E-state index < -0.39 is 23.8 Å². The molecular formula is C19H20ClFN2O3. The number of aromatic nitrogens is 1. The third-order valence-electron chi connectivity index (χ3n) is 4.46. The second kappa shape index (κ2) is 7.11. The van der Waals surface area contributed by atoms with Gasteiger partial charge in [0.15, 0.2) is 6.10 Å². The van der Waals surface area contributed by atoms with Crippen molar-refractivity contribution in [2.45, 2.75) is 45.8 Å². The van der Waals surface area contributed by atoms with Gasteiger partial charge < -0.3 is 14.6 Å². The maximum absolute atomic E-state index is 13.1. The van der Waals surface area contributed by atoms with E-state index in [1.54, 1.807) is 6.07 Å². The molecule has 1 saturated carbocycles. The number of rotatable bonds is 5. The third-order valence-corrected chi connectivity index (χ3v) is 4.77. The van der Waals surface area contributed by atoms with Crippen molar-refractivity contribution in [3.05, 3.63) is 52.1 Å². The number of carbonyl (C=O) groups is 2. The van der Waals surface area contributed by atoms with Crippen molar-refractivity contribution >= 4 is 29.2 Å². The van der Waals surface area contributed by atoms with Gasteiger partial charge in [0.25, 0.3) is 5.91 Å². The van der Waals surface area contributed by atoms with Crippen molar-refractivity contribution in [3.63, 3.8) is 0 Å². The van der Waals surface area contributed by atoms with Gasteiger partial charge in [-0.05, 0) is 57.9 Å². The summed E-state index contributed by atoms with van der Waals surface area (Å²) in [6.07, 6.45) is 1.21. The van der Waals surface area contributed by atoms with Crippen LogP contribution < -0.4 is 5.32 Å². The first-order valence-electron chi connectivity index (χ1n) is 8.43. The molecule has 5 nitrogen and oxygen atoms in total. The molecule has 1 fully saturated rings. The summed E-state index contributed by atoms with van der Waals surface area (Å²) in [7, 11) is 0. The Morgan fingerprint density at radius 3 is 2.62 bits per heavy atom. The van der Waals surface area contributed by atoms with Crippen LogP contribution in [0, 0.1) is 19.7 Å². The normalized spacial score (nSPS) is 14.8. The van der Waals surface area contributed by atoms with E-state index in [4.69, 9.17) is 16.3 Å². The zero-order chi connectivity index (χ0) is 19.0. The van der Waals surface area contributed by atoms with Gasteiger partial charge in [0.05, 0.1) is 16.3 Å². The number of nitrogens with zero attached hydrogens (tertiary/aromatic N) is 1. The van der Waals surface area contributed by atoms with Crippen LogP contribution in [0.2, 0.25) is 5.02 Å². The molecular weight excluding hydrogens is 359 g/mol. The fourth-order valence-electron chi connectivity index (χ4n) is 2.98. The average Bonchev–Trinajstić information content (AvgIpc) is 3.35. The van der Waals surface area contributed by atoms with Gasteiger partial charge in [-0.1, -0.05) is 11.6 Å². The van der Waals surface area contributed by atoms with E-state index in [1.807, 2.05) is 13.8 Å². The number of aryl methyl sites for hydroxylation is 1. The molecule has 0 bridgehead atoms. The van der Waals surface area contributed by atoms with E-state index >= 15 is 0 Å². The van der Waals surface area contributed by atoms with Crippen LogP contribution in [-0.2, 0) is 9.53 Å². The lowest BCUT2D eigenvalue weighted by Gasteiger charge is -2.14. The van der Waals surface area contributed by atoms with Crippen molar-refractivity contribution in [1.29, 1.82) is 0 Å². The summed E-state index contributed by atoms with van der Waals surface area (Å²) in [5.74, 6) is -1.58. The quantitative estimate of drug-likeness (QED) is 0.783. The fourth-order valence-corrected chi connectivity index (χ4v) is 3.20. The Morgan fingerprint density at radius 2 is 2.00 bits per heavy atom. The number of esters is 1. The first kappa shape index (κ1) is 18.5. The molecule has 26 heavy (non-hydrogen) atoms. The van der Waals surface area contributed by atoms with Crippen LogP contribution in [-0.4, -0.2) is 22.5 Å².